The first-order chi connectivity index (χ1) is 16.2. The van der Waals surface area contributed by atoms with E-state index in [0.29, 0.717) is 47.7 Å². The number of aromatic nitrogens is 5. The average Bonchev–Trinajstić information content (AvgIpc) is 3.57. The summed E-state index contributed by atoms with van der Waals surface area (Å²) >= 11 is 3.12. The largest absolute Gasteiger partial charge is 0.440 e. The summed E-state index contributed by atoms with van der Waals surface area (Å²) < 4.78 is 15.0. The van der Waals surface area contributed by atoms with Crippen LogP contribution in [0.15, 0.2) is 56.1 Å². The summed E-state index contributed by atoms with van der Waals surface area (Å²) in [5.74, 6) is 2.54. The van der Waals surface area contributed by atoms with E-state index in [0.717, 1.165) is 28.3 Å². The van der Waals surface area contributed by atoms with Crippen LogP contribution in [0.1, 0.15) is 24.8 Å². The van der Waals surface area contributed by atoms with Crippen molar-refractivity contribution in [2.75, 3.05) is 13.2 Å². The molecule has 170 valence electrons. The number of thioether (sulfide) groups is 1. The summed E-state index contributed by atoms with van der Waals surface area (Å²) in [5.41, 5.74) is 1.60. The number of aryl methyl sites for hydroxylation is 2. The minimum absolute atomic E-state index is 0.0634. The summed E-state index contributed by atoms with van der Waals surface area (Å²) in [6, 6.07) is 11.6. The highest BCUT2D eigenvalue weighted by atomic mass is 32.2. The van der Waals surface area contributed by atoms with Crippen molar-refractivity contribution >= 4 is 39.8 Å². The second kappa shape index (κ2) is 9.50. The molecule has 0 aliphatic rings. The zero-order chi connectivity index (χ0) is 22.8. The number of hydrogen-bond donors (Lipinski definition) is 0. The van der Waals surface area contributed by atoms with E-state index in [1.807, 2.05) is 60.0 Å². The Bertz CT molecular complexity index is 1450. The molecule has 0 aliphatic carbocycles. The quantitative estimate of drug-likeness (QED) is 0.221. The van der Waals surface area contributed by atoms with Crippen LogP contribution in [0, 0.1) is 6.92 Å². The Balaban J connectivity index is 1.49. The van der Waals surface area contributed by atoms with Crippen LogP contribution in [-0.2, 0) is 17.0 Å². The molecule has 0 atom stereocenters. The van der Waals surface area contributed by atoms with Gasteiger partial charge in [-0.25, -0.2) is 4.98 Å². The molecular formula is C23H23N5O3S2. The maximum absolute atomic E-state index is 13.2. The predicted molar refractivity (Wildman–Crippen MR) is 130 cm³/mol. The number of rotatable bonds is 9. The normalized spacial score (nSPS) is 11.7. The Morgan fingerprint density at radius 2 is 2.06 bits per heavy atom. The second-order valence-electron chi connectivity index (χ2n) is 7.43. The van der Waals surface area contributed by atoms with E-state index >= 15 is 0 Å². The summed E-state index contributed by atoms with van der Waals surface area (Å²) in [4.78, 5) is 18.9. The van der Waals surface area contributed by atoms with Crippen molar-refractivity contribution in [3.63, 3.8) is 0 Å². The lowest BCUT2D eigenvalue weighted by Crippen LogP contribution is -2.24. The van der Waals surface area contributed by atoms with Crippen molar-refractivity contribution in [3.8, 4) is 10.8 Å². The highest BCUT2D eigenvalue weighted by Gasteiger charge is 2.18. The number of ether oxygens (including phenoxy) is 1. The molecule has 4 heterocycles. The summed E-state index contributed by atoms with van der Waals surface area (Å²) in [6.07, 6.45) is 0.723. The molecule has 0 saturated carbocycles. The van der Waals surface area contributed by atoms with E-state index in [1.54, 1.807) is 15.9 Å². The van der Waals surface area contributed by atoms with Crippen LogP contribution in [0.2, 0.25) is 0 Å². The third-order valence-electron chi connectivity index (χ3n) is 5.32. The third-order valence-corrected chi connectivity index (χ3v) is 7.11. The molecule has 0 fully saturated rings. The summed E-state index contributed by atoms with van der Waals surface area (Å²) in [6.45, 7) is 5.65. The second-order valence-corrected chi connectivity index (χ2v) is 9.32. The first-order valence-electron chi connectivity index (χ1n) is 10.7. The van der Waals surface area contributed by atoms with Gasteiger partial charge in [-0.1, -0.05) is 30.0 Å². The van der Waals surface area contributed by atoms with Gasteiger partial charge in [-0.05, 0) is 43.8 Å². The van der Waals surface area contributed by atoms with Gasteiger partial charge < -0.3 is 9.15 Å². The van der Waals surface area contributed by atoms with Gasteiger partial charge in [-0.2, -0.15) is 0 Å². The van der Waals surface area contributed by atoms with Gasteiger partial charge in [0.2, 0.25) is 11.7 Å². The van der Waals surface area contributed by atoms with E-state index in [9.17, 15) is 4.79 Å². The first kappa shape index (κ1) is 21.9. The van der Waals surface area contributed by atoms with Crippen LogP contribution in [0.25, 0.3) is 27.4 Å². The van der Waals surface area contributed by atoms with Crippen molar-refractivity contribution in [3.05, 3.63) is 63.6 Å². The molecule has 0 saturated heterocycles. The van der Waals surface area contributed by atoms with E-state index in [4.69, 9.17) is 9.15 Å². The maximum Gasteiger partial charge on any atom is 0.262 e. The van der Waals surface area contributed by atoms with Gasteiger partial charge in [0.15, 0.2) is 5.16 Å². The zero-order valence-corrected chi connectivity index (χ0v) is 20.0. The van der Waals surface area contributed by atoms with Crippen molar-refractivity contribution in [1.29, 1.82) is 0 Å². The molecule has 0 aliphatic heterocycles. The summed E-state index contributed by atoms with van der Waals surface area (Å²) in [5, 5.41) is 12.2. The van der Waals surface area contributed by atoms with Crippen LogP contribution in [-0.4, -0.2) is 37.4 Å². The molecule has 0 radical (unpaired) electrons. The molecule has 0 N–H and O–H groups in total. The Kier molecular flexibility index (Phi) is 6.30. The number of hydrogen-bond acceptors (Lipinski definition) is 8. The van der Waals surface area contributed by atoms with Crippen molar-refractivity contribution < 1.29 is 9.15 Å². The van der Waals surface area contributed by atoms with Crippen LogP contribution >= 0.6 is 23.1 Å². The molecule has 4 aromatic heterocycles. The van der Waals surface area contributed by atoms with E-state index < -0.39 is 0 Å². The van der Waals surface area contributed by atoms with Gasteiger partial charge in [0.25, 0.3) is 5.56 Å². The molecule has 0 unspecified atom stereocenters. The number of fused-ring (bicyclic) bond motifs is 3. The van der Waals surface area contributed by atoms with Gasteiger partial charge in [-0.3, -0.25) is 13.8 Å². The Morgan fingerprint density at radius 1 is 1.18 bits per heavy atom. The fourth-order valence-corrected chi connectivity index (χ4v) is 5.29. The molecule has 1 aromatic carbocycles. The van der Waals surface area contributed by atoms with Gasteiger partial charge in [0.05, 0.1) is 21.5 Å². The smallest absolute Gasteiger partial charge is 0.262 e. The molecule has 8 nitrogen and oxygen atoms in total. The molecule has 0 bridgehead atoms. The lowest BCUT2D eigenvalue weighted by atomic mass is 10.2. The van der Waals surface area contributed by atoms with Crippen molar-refractivity contribution in [2.24, 2.45) is 0 Å². The minimum Gasteiger partial charge on any atom is -0.440 e. The first-order valence-corrected chi connectivity index (χ1v) is 12.6. The molecule has 10 heteroatoms. The topological polar surface area (TPSA) is 87.5 Å². The van der Waals surface area contributed by atoms with Crippen molar-refractivity contribution in [2.45, 2.75) is 37.7 Å². The molecule has 0 amide bonds. The van der Waals surface area contributed by atoms with Gasteiger partial charge in [0.1, 0.15) is 5.76 Å². The number of oxazole rings is 1. The highest BCUT2D eigenvalue weighted by molar-refractivity contribution is 7.98. The lowest BCUT2D eigenvalue weighted by Gasteiger charge is -2.11. The molecule has 0 spiro atoms. The highest BCUT2D eigenvalue weighted by Crippen LogP contribution is 2.30. The monoisotopic (exact) mass is 481 g/mol. The van der Waals surface area contributed by atoms with Crippen LogP contribution in [0.5, 0.6) is 0 Å². The van der Waals surface area contributed by atoms with Crippen molar-refractivity contribution in [1.82, 2.24) is 24.1 Å². The average molecular weight is 482 g/mol. The van der Waals surface area contributed by atoms with Gasteiger partial charge in [0, 0.05) is 25.5 Å². The molecule has 5 aromatic rings. The fourth-order valence-electron chi connectivity index (χ4n) is 3.70. The van der Waals surface area contributed by atoms with E-state index in [-0.39, 0.29) is 5.56 Å². The minimum atomic E-state index is -0.0634. The number of nitrogens with zero attached hydrogens (tertiary/aromatic N) is 5. The van der Waals surface area contributed by atoms with Gasteiger partial charge in [-0.15, -0.1) is 21.5 Å². The number of para-hydroxylation sites is 1. The number of thiophene rings is 1. The molecule has 33 heavy (non-hydrogen) atoms. The van der Waals surface area contributed by atoms with E-state index in [2.05, 4.69) is 15.2 Å². The standard InChI is InChI=1S/C23H23N5O3S2/c1-3-30-12-7-11-27-21(29)16-8-4-5-9-18(16)28-22(27)25-26-23(28)33-14-17-15(2)31-20(24-17)19-10-6-13-32-19/h4-6,8-10,13H,3,7,11-12,14H2,1-2H3. The SMILES string of the molecule is CCOCCCn1c(=O)c2ccccc2n2c(SCc3nc(-c4cccs4)oc3C)nnc12. The van der Waals surface area contributed by atoms with Gasteiger partial charge >= 0.3 is 0 Å². The summed E-state index contributed by atoms with van der Waals surface area (Å²) in [7, 11) is 0. The predicted octanol–water partition coefficient (Wildman–Crippen LogP) is 4.79. The lowest BCUT2D eigenvalue weighted by molar-refractivity contribution is 0.141. The maximum atomic E-state index is 13.2. The third kappa shape index (κ3) is 4.21. The fraction of sp³-hybridized carbons (Fsp3) is 0.304. The van der Waals surface area contributed by atoms with Crippen LogP contribution in [0.3, 0.4) is 0 Å². The van der Waals surface area contributed by atoms with Crippen LogP contribution in [0.4, 0.5) is 0 Å². The number of benzene rings is 1. The molecule has 5 rings (SSSR count). The van der Waals surface area contributed by atoms with E-state index in [1.165, 1.54) is 11.8 Å². The Morgan fingerprint density at radius 3 is 2.88 bits per heavy atom. The van der Waals surface area contributed by atoms with Crippen LogP contribution < -0.4 is 5.56 Å². The Labute approximate surface area is 198 Å². The molecular weight excluding hydrogens is 458 g/mol. The Hall–Kier alpha value is -2.95. The zero-order valence-electron chi connectivity index (χ0n) is 18.4.